The van der Waals surface area contributed by atoms with E-state index < -0.39 is 21.5 Å². The zero-order chi connectivity index (χ0) is 33.0. The topological polar surface area (TPSA) is 130 Å². The van der Waals surface area contributed by atoms with Crippen LogP contribution in [-0.4, -0.2) is 41.7 Å². The van der Waals surface area contributed by atoms with E-state index >= 15 is 0 Å². The lowest BCUT2D eigenvalue weighted by atomic mass is 9.83. The van der Waals surface area contributed by atoms with Gasteiger partial charge in [0.2, 0.25) is 11.7 Å². The van der Waals surface area contributed by atoms with Crippen LogP contribution in [0.1, 0.15) is 42.5 Å². The fourth-order valence-corrected chi connectivity index (χ4v) is 6.28. The maximum absolute atomic E-state index is 13.6. The smallest absolute Gasteiger partial charge is 0.261 e. The van der Waals surface area contributed by atoms with Gasteiger partial charge in [0, 0.05) is 35.8 Å². The van der Waals surface area contributed by atoms with Crippen molar-refractivity contribution in [2.75, 3.05) is 17.8 Å². The molecule has 2 aromatic heterocycles. The number of anilines is 1. The molecule has 0 aliphatic carbocycles. The summed E-state index contributed by atoms with van der Waals surface area (Å²) in [6.07, 6.45) is 3.39. The first-order chi connectivity index (χ1) is 22.6. The zero-order valence-corrected chi connectivity index (χ0v) is 26.7. The lowest BCUT2D eigenvalue weighted by molar-refractivity contribution is 0.174. The Morgan fingerprint density at radius 2 is 1.68 bits per heavy atom. The molecular formula is C36H34FN5O4S. The van der Waals surface area contributed by atoms with E-state index in [1.807, 2.05) is 50.2 Å². The molecule has 0 amide bonds. The third-order valence-corrected chi connectivity index (χ3v) is 9.51. The summed E-state index contributed by atoms with van der Waals surface area (Å²) in [5.74, 6) is 0.448. The molecule has 3 N–H and O–H groups in total. The van der Waals surface area contributed by atoms with Crippen molar-refractivity contribution in [3.63, 3.8) is 0 Å². The quantitative estimate of drug-likeness (QED) is 0.129. The first-order valence-electron chi connectivity index (χ1n) is 15.1. The number of hydrogen-bond donors (Lipinski definition) is 3. The highest BCUT2D eigenvalue weighted by Crippen LogP contribution is 2.34. The average molecular weight is 652 g/mol. The van der Waals surface area contributed by atoms with Crippen molar-refractivity contribution >= 4 is 26.5 Å². The number of nitrogens with one attached hydrogen (secondary N) is 2. The monoisotopic (exact) mass is 651 g/mol. The van der Waals surface area contributed by atoms with Crippen LogP contribution in [0.15, 0.2) is 119 Å². The van der Waals surface area contributed by atoms with Crippen LogP contribution >= 0.6 is 0 Å². The SMILES string of the molecule is CC(C)(c1ccc2cc(F)ccc2c1)c1nc(-c2ccc(S(=O)(=O)Nc3ccc(CCNCC(O)c4cccnc4)cc3)cc2)no1. The summed E-state index contributed by atoms with van der Waals surface area (Å²) in [7, 11) is -3.84. The standard InChI is InChI=1S/C36H34FN5O4S/c1-36(2,29-11-7-27-21-30(37)12-8-26(27)20-29)35-40-34(41-46-35)25-9-15-32(16-10-25)47(44,45)42-31-13-5-24(6-14-31)17-19-39-23-33(43)28-4-3-18-38-22-28/h3-16,18,20-22,33,39,42-43H,17,19,23H2,1-2H3. The van der Waals surface area contributed by atoms with E-state index in [0.29, 0.717) is 42.5 Å². The van der Waals surface area contributed by atoms with E-state index in [0.717, 1.165) is 27.5 Å². The summed E-state index contributed by atoms with van der Waals surface area (Å²) in [6, 6.07) is 27.5. The maximum atomic E-state index is 13.6. The molecule has 0 aliphatic heterocycles. The van der Waals surface area contributed by atoms with Gasteiger partial charge in [0.05, 0.1) is 16.4 Å². The molecule has 9 nitrogen and oxygen atoms in total. The van der Waals surface area contributed by atoms with Crippen molar-refractivity contribution in [2.45, 2.75) is 36.7 Å². The fourth-order valence-electron chi connectivity index (χ4n) is 5.22. The van der Waals surface area contributed by atoms with Crippen LogP contribution in [0.2, 0.25) is 0 Å². The number of aliphatic hydroxyl groups is 1. The largest absolute Gasteiger partial charge is 0.387 e. The number of rotatable bonds is 12. The minimum Gasteiger partial charge on any atom is -0.387 e. The average Bonchev–Trinajstić information content (AvgIpc) is 3.59. The summed E-state index contributed by atoms with van der Waals surface area (Å²) in [5.41, 5.74) is 3.14. The summed E-state index contributed by atoms with van der Waals surface area (Å²) in [5, 5.41) is 19.3. The van der Waals surface area contributed by atoms with E-state index in [1.54, 1.807) is 48.8 Å². The lowest BCUT2D eigenvalue weighted by Crippen LogP contribution is -2.23. The normalized spacial score (nSPS) is 12.7. The molecule has 6 aromatic rings. The summed E-state index contributed by atoms with van der Waals surface area (Å²) >= 11 is 0. The van der Waals surface area contributed by atoms with Gasteiger partial charge in [-0.3, -0.25) is 9.71 Å². The molecule has 0 fully saturated rings. The van der Waals surface area contributed by atoms with E-state index in [1.165, 1.54) is 24.3 Å². The van der Waals surface area contributed by atoms with Crippen molar-refractivity contribution in [3.05, 3.63) is 138 Å². The van der Waals surface area contributed by atoms with Crippen molar-refractivity contribution in [2.24, 2.45) is 0 Å². The molecule has 0 aliphatic rings. The maximum Gasteiger partial charge on any atom is 0.261 e. The highest BCUT2D eigenvalue weighted by molar-refractivity contribution is 7.92. The van der Waals surface area contributed by atoms with Crippen LogP contribution in [0.3, 0.4) is 0 Å². The number of hydrogen-bond acceptors (Lipinski definition) is 8. The summed E-state index contributed by atoms with van der Waals surface area (Å²) in [4.78, 5) is 8.74. The minimum atomic E-state index is -3.84. The number of pyridine rings is 1. The lowest BCUT2D eigenvalue weighted by Gasteiger charge is -2.21. The number of benzene rings is 4. The van der Waals surface area contributed by atoms with Crippen LogP contribution in [0.5, 0.6) is 0 Å². The van der Waals surface area contributed by atoms with Crippen molar-refractivity contribution in [1.29, 1.82) is 0 Å². The zero-order valence-electron chi connectivity index (χ0n) is 25.9. The van der Waals surface area contributed by atoms with Crippen molar-refractivity contribution < 1.29 is 22.4 Å². The molecule has 4 aromatic carbocycles. The first kappa shape index (κ1) is 32.0. The van der Waals surface area contributed by atoms with Gasteiger partial charge in [-0.25, -0.2) is 12.8 Å². The highest BCUT2D eigenvalue weighted by atomic mass is 32.2. The number of aromatic nitrogens is 3. The van der Waals surface area contributed by atoms with Gasteiger partial charge >= 0.3 is 0 Å². The van der Waals surface area contributed by atoms with Gasteiger partial charge in [-0.2, -0.15) is 4.98 Å². The Hall–Kier alpha value is -4.97. The van der Waals surface area contributed by atoms with Crippen LogP contribution in [-0.2, 0) is 21.9 Å². The minimum absolute atomic E-state index is 0.0957. The molecule has 0 bridgehead atoms. The van der Waals surface area contributed by atoms with E-state index in [4.69, 9.17) is 4.52 Å². The van der Waals surface area contributed by atoms with Gasteiger partial charge in [-0.15, -0.1) is 0 Å². The number of nitrogens with zero attached hydrogens (tertiary/aromatic N) is 3. The Kier molecular flexibility index (Phi) is 9.12. The second kappa shape index (κ2) is 13.4. The Bertz CT molecular complexity index is 2080. The van der Waals surface area contributed by atoms with Crippen molar-refractivity contribution in [3.8, 4) is 11.4 Å². The molecule has 0 radical (unpaired) electrons. The molecule has 6 rings (SSSR count). The van der Waals surface area contributed by atoms with Gasteiger partial charge in [-0.1, -0.05) is 47.6 Å². The Morgan fingerprint density at radius 3 is 2.43 bits per heavy atom. The summed E-state index contributed by atoms with van der Waals surface area (Å²) < 4.78 is 48.1. The first-order valence-corrected chi connectivity index (χ1v) is 16.6. The fraction of sp³-hybridized carbons (Fsp3) is 0.194. The number of sulfonamides is 1. The molecule has 0 saturated carbocycles. The van der Waals surface area contributed by atoms with Crippen molar-refractivity contribution in [1.82, 2.24) is 20.4 Å². The molecule has 0 spiro atoms. The Morgan fingerprint density at radius 1 is 0.936 bits per heavy atom. The van der Waals surface area contributed by atoms with E-state index in [-0.39, 0.29) is 10.7 Å². The van der Waals surface area contributed by atoms with E-state index in [2.05, 4.69) is 25.2 Å². The van der Waals surface area contributed by atoms with Gasteiger partial charge in [0.25, 0.3) is 10.0 Å². The van der Waals surface area contributed by atoms with Gasteiger partial charge in [0.15, 0.2) is 0 Å². The third-order valence-electron chi connectivity index (χ3n) is 8.11. The van der Waals surface area contributed by atoms with Crippen LogP contribution in [0.25, 0.3) is 22.2 Å². The molecule has 0 saturated heterocycles. The molecule has 2 heterocycles. The molecule has 240 valence electrons. The van der Waals surface area contributed by atoms with Gasteiger partial charge in [0.1, 0.15) is 5.82 Å². The molecule has 47 heavy (non-hydrogen) atoms. The van der Waals surface area contributed by atoms with Crippen LogP contribution in [0.4, 0.5) is 10.1 Å². The van der Waals surface area contributed by atoms with Crippen LogP contribution < -0.4 is 10.0 Å². The number of fused-ring (bicyclic) bond motifs is 1. The van der Waals surface area contributed by atoms with Gasteiger partial charge < -0.3 is 14.9 Å². The number of halogens is 1. The number of aliphatic hydroxyl groups excluding tert-OH is 1. The third kappa shape index (κ3) is 7.38. The van der Waals surface area contributed by atoms with Crippen LogP contribution in [0, 0.1) is 5.82 Å². The van der Waals surface area contributed by atoms with E-state index in [9.17, 15) is 17.9 Å². The second-order valence-corrected chi connectivity index (χ2v) is 13.5. The second-order valence-electron chi connectivity index (χ2n) is 11.8. The van der Waals surface area contributed by atoms with Gasteiger partial charge in [-0.05, 0) is 103 Å². The molecule has 1 unspecified atom stereocenters. The predicted molar refractivity (Wildman–Crippen MR) is 179 cm³/mol. The summed E-state index contributed by atoms with van der Waals surface area (Å²) in [6.45, 7) is 5.00. The molecular weight excluding hydrogens is 617 g/mol. The highest BCUT2D eigenvalue weighted by Gasteiger charge is 2.30. The Balaban J connectivity index is 1.06. The Labute approximate surface area is 272 Å². The molecule has 1 atom stereocenters. The molecule has 11 heteroatoms. The predicted octanol–water partition coefficient (Wildman–Crippen LogP) is 6.42.